The SMILES string of the molecule is COc1ccc(-c2cc(=O)c3c(O)c(I)c(O[C@@H]4OC(CO[C@@H]5OC(C)[C@H](O)C(O)C5O)[C@@H](O)C(O)C4O)cc3o2)cc1O. The molecule has 2 fully saturated rings. The Balaban J connectivity index is 1.40. The van der Waals surface area contributed by atoms with Crippen molar-refractivity contribution in [2.45, 2.75) is 68.3 Å². The number of ether oxygens (including phenoxy) is 5. The molecule has 2 aromatic carbocycles. The molecule has 240 valence electrons. The number of aliphatic hydroxyl groups excluding tert-OH is 6. The molecule has 0 aliphatic carbocycles. The molecule has 3 aromatic rings. The number of rotatable bonds is 7. The van der Waals surface area contributed by atoms with Crippen LogP contribution in [0.5, 0.6) is 23.0 Å². The standard InChI is InChI=1S/C28H31IO15/c1-9-20(32)23(35)25(37)27(41-9)40-8-17-21(33)24(36)26(38)28(44-17)43-16-7-15-18(22(34)19(16)29)12(31)6-14(42-15)10-3-4-13(39-2)11(30)5-10/h3-7,9,17,20-21,23-28,30,32-38H,8H2,1-2H3/t9?,17?,20-,21+,23?,24?,25?,26?,27+,28+/m0/s1. The van der Waals surface area contributed by atoms with Gasteiger partial charge in [-0.3, -0.25) is 4.79 Å². The highest BCUT2D eigenvalue weighted by Crippen LogP contribution is 2.39. The summed E-state index contributed by atoms with van der Waals surface area (Å²) in [5.41, 5.74) is -0.376. The van der Waals surface area contributed by atoms with Gasteiger partial charge in [0.05, 0.1) is 23.4 Å². The van der Waals surface area contributed by atoms with Crippen molar-refractivity contribution in [2.24, 2.45) is 0 Å². The summed E-state index contributed by atoms with van der Waals surface area (Å²) in [6, 6.07) is 6.77. The van der Waals surface area contributed by atoms with Crippen LogP contribution in [0.2, 0.25) is 0 Å². The van der Waals surface area contributed by atoms with E-state index in [4.69, 9.17) is 28.1 Å². The fraction of sp³-hybridized carbons (Fsp3) is 0.464. The predicted molar refractivity (Wildman–Crippen MR) is 156 cm³/mol. The number of fused-ring (bicyclic) bond motifs is 1. The molecule has 44 heavy (non-hydrogen) atoms. The van der Waals surface area contributed by atoms with E-state index in [9.17, 15) is 45.6 Å². The molecule has 6 unspecified atom stereocenters. The molecule has 0 saturated carbocycles. The number of hydrogen-bond acceptors (Lipinski definition) is 15. The largest absolute Gasteiger partial charge is 0.506 e. The van der Waals surface area contributed by atoms with Gasteiger partial charge in [-0.1, -0.05) is 0 Å². The average molecular weight is 734 g/mol. The number of benzene rings is 2. The van der Waals surface area contributed by atoms with E-state index in [1.54, 1.807) is 28.7 Å². The minimum atomic E-state index is -1.79. The van der Waals surface area contributed by atoms with E-state index < -0.39 is 79.2 Å². The Bertz CT molecular complexity index is 1560. The van der Waals surface area contributed by atoms with Crippen molar-refractivity contribution in [3.05, 3.63) is 44.1 Å². The molecule has 2 aliphatic heterocycles. The normalized spacial score (nSPS) is 32.5. The fourth-order valence-electron chi connectivity index (χ4n) is 4.94. The molecule has 8 N–H and O–H groups in total. The smallest absolute Gasteiger partial charge is 0.229 e. The molecule has 16 heteroatoms. The van der Waals surface area contributed by atoms with Gasteiger partial charge in [-0.25, -0.2) is 0 Å². The van der Waals surface area contributed by atoms with Crippen LogP contribution in [0.15, 0.2) is 39.5 Å². The minimum Gasteiger partial charge on any atom is -0.506 e. The molecule has 2 aliphatic rings. The van der Waals surface area contributed by atoms with Crippen LogP contribution in [-0.4, -0.2) is 116 Å². The molecule has 2 saturated heterocycles. The summed E-state index contributed by atoms with van der Waals surface area (Å²) >= 11 is 1.71. The van der Waals surface area contributed by atoms with Gasteiger partial charge in [0.2, 0.25) is 6.29 Å². The molecule has 15 nitrogen and oxygen atoms in total. The first-order valence-corrected chi connectivity index (χ1v) is 14.4. The zero-order valence-electron chi connectivity index (χ0n) is 23.2. The van der Waals surface area contributed by atoms with E-state index in [0.717, 1.165) is 6.07 Å². The van der Waals surface area contributed by atoms with Gasteiger partial charge in [0.15, 0.2) is 23.2 Å². The van der Waals surface area contributed by atoms with E-state index in [1.807, 2.05) is 0 Å². The molecule has 0 radical (unpaired) electrons. The van der Waals surface area contributed by atoms with Crippen molar-refractivity contribution in [3.8, 4) is 34.3 Å². The third-order valence-electron chi connectivity index (χ3n) is 7.51. The monoisotopic (exact) mass is 734 g/mol. The second-order valence-corrected chi connectivity index (χ2v) is 11.5. The van der Waals surface area contributed by atoms with Crippen LogP contribution >= 0.6 is 22.6 Å². The van der Waals surface area contributed by atoms with E-state index in [2.05, 4.69) is 0 Å². The zero-order chi connectivity index (χ0) is 32.0. The van der Waals surface area contributed by atoms with Gasteiger partial charge < -0.3 is 69.0 Å². The summed E-state index contributed by atoms with van der Waals surface area (Å²) in [6.45, 7) is 0.952. The Morgan fingerprint density at radius 2 is 1.52 bits per heavy atom. The van der Waals surface area contributed by atoms with Crippen LogP contribution < -0.4 is 14.9 Å². The average Bonchev–Trinajstić information content (AvgIpc) is 3.00. The summed E-state index contributed by atoms with van der Waals surface area (Å²) in [6.07, 6.45) is -15.1. The first kappa shape index (κ1) is 32.6. The molecule has 5 rings (SSSR count). The Labute approximate surface area is 262 Å². The molecular formula is C28H31IO15. The third-order valence-corrected chi connectivity index (χ3v) is 8.55. The molecule has 10 atom stereocenters. The minimum absolute atomic E-state index is 0.0433. The maximum absolute atomic E-state index is 13.0. The van der Waals surface area contributed by atoms with Gasteiger partial charge in [-0.2, -0.15) is 0 Å². The molecular weight excluding hydrogens is 703 g/mol. The Morgan fingerprint density at radius 1 is 0.841 bits per heavy atom. The molecule has 0 bridgehead atoms. The number of hydrogen-bond donors (Lipinski definition) is 8. The van der Waals surface area contributed by atoms with Gasteiger partial charge in [0.1, 0.15) is 71.0 Å². The lowest BCUT2D eigenvalue weighted by Gasteiger charge is -2.42. The highest BCUT2D eigenvalue weighted by molar-refractivity contribution is 14.1. The molecule has 0 amide bonds. The summed E-state index contributed by atoms with van der Waals surface area (Å²) in [5, 5.41) is 82.6. The quantitative estimate of drug-likeness (QED) is 0.143. The van der Waals surface area contributed by atoms with E-state index in [-0.39, 0.29) is 37.5 Å². The number of aromatic hydroxyl groups is 2. The Hall–Kier alpha value is -2.78. The summed E-state index contributed by atoms with van der Waals surface area (Å²) in [5.74, 6) is -0.540. The van der Waals surface area contributed by atoms with Crippen molar-refractivity contribution in [1.82, 2.24) is 0 Å². The maximum Gasteiger partial charge on any atom is 0.229 e. The van der Waals surface area contributed by atoms with E-state index >= 15 is 0 Å². The van der Waals surface area contributed by atoms with Crippen molar-refractivity contribution < 1.29 is 69.0 Å². The Kier molecular flexibility index (Phi) is 9.57. The van der Waals surface area contributed by atoms with Crippen molar-refractivity contribution in [1.29, 1.82) is 0 Å². The van der Waals surface area contributed by atoms with E-state index in [0.29, 0.717) is 5.56 Å². The predicted octanol–water partition coefficient (Wildman–Crippen LogP) is -0.485. The second kappa shape index (κ2) is 12.9. The lowest BCUT2D eigenvalue weighted by atomic mass is 9.98. The van der Waals surface area contributed by atoms with Crippen molar-refractivity contribution in [3.63, 3.8) is 0 Å². The van der Waals surface area contributed by atoms with Crippen LogP contribution in [0.25, 0.3) is 22.3 Å². The molecule has 0 spiro atoms. The third kappa shape index (κ3) is 6.06. The second-order valence-electron chi connectivity index (χ2n) is 10.4. The lowest BCUT2D eigenvalue weighted by molar-refractivity contribution is -0.318. The highest BCUT2D eigenvalue weighted by Gasteiger charge is 2.47. The summed E-state index contributed by atoms with van der Waals surface area (Å²) < 4.78 is 33.3. The lowest BCUT2D eigenvalue weighted by Crippen LogP contribution is -2.61. The van der Waals surface area contributed by atoms with Crippen LogP contribution in [0, 0.1) is 3.57 Å². The Morgan fingerprint density at radius 3 is 2.20 bits per heavy atom. The van der Waals surface area contributed by atoms with Crippen molar-refractivity contribution >= 4 is 33.6 Å². The van der Waals surface area contributed by atoms with E-state index in [1.165, 1.54) is 32.2 Å². The number of halogens is 1. The van der Waals surface area contributed by atoms with Crippen LogP contribution in [-0.2, 0) is 14.2 Å². The number of phenolic OH excluding ortho intramolecular Hbond substituents is 2. The first-order valence-electron chi connectivity index (χ1n) is 13.4. The van der Waals surface area contributed by atoms with Crippen molar-refractivity contribution in [2.75, 3.05) is 13.7 Å². The fourth-order valence-corrected chi connectivity index (χ4v) is 5.50. The van der Waals surface area contributed by atoms with Crippen LogP contribution in [0.1, 0.15) is 6.92 Å². The number of aliphatic hydroxyl groups is 6. The molecule has 3 heterocycles. The van der Waals surface area contributed by atoms with Gasteiger partial charge >= 0.3 is 0 Å². The van der Waals surface area contributed by atoms with Gasteiger partial charge in [-0.05, 0) is 47.7 Å². The summed E-state index contributed by atoms with van der Waals surface area (Å²) in [7, 11) is 1.38. The topological polar surface area (TPSA) is 238 Å². The van der Waals surface area contributed by atoms with Gasteiger partial charge in [0.25, 0.3) is 0 Å². The zero-order valence-corrected chi connectivity index (χ0v) is 25.3. The van der Waals surface area contributed by atoms with Crippen LogP contribution in [0.3, 0.4) is 0 Å². The number of methoxy groups -OCH3 is 1. The summed E-state index contributed by atoms with van der Waals surface area (Å²) in [4.78, 5) is 13.0. The van der Waals surface area contributed by atoms with Gasteiger partial charge in [-0.15, -0.1) is 0 Å². The number of phenols is 2. The molecule has 1 aromatic heterocycles. The first-order chi connectivity index (χ1) is 20.8. The highest BCUT2D eigenvalue weighted by atomic mass is 127. The van der Waals surface area contributed by atoms with Gasteiger partial charge in [0, 0.05) is 17.7 Å². The van der Waals surface area contributed by atoms with Crippen LogP contribution in [0.4, 0.5) is 0 Å². The maximum atomic E-state index is 13.0.